The monoisotopic (exact) mass is 249 g/mol. The van der Waals surface area contributed by atoms with Gasteiger partial charge in [-0.3, -0.25) is 9.88 Å². The highest BCUT2D eigenvalue weighted by Crippen LogP contribution is 2.04. The summed E-state index contributed by atoms with van der Waals surface area (Å²) < 4.78 is 0. The molecule has 1 N–H and O–H groups in total. The molecule has 0 aliphatic heterocycles. The summed E-state index contributed by atoms with van der Waals surface area (Å²) in [5.74, 6) is 0. The van der Waals surface area contributed by atoms with Crippen LogP contribution < -0.4 is 5.32 Å². The van der Waals surface area contributed by atoms with E-state index in [2.05, 4.69) is 48.2 Å². The number of aromatic nitrogens is 1. The van der Waals surface area contributed by atoms with E-state index in [0.29, 0.717) is 6.04 Å². The molecule has 102 valence electrons. The summed E-state index contributed by atoms with van der Waals surface area (Å²) in [7, 11) is 2.16. The Bertz CT molecular complexity index is 338. The normalized spacial score (nSPS) is 12.9. The van der Waals surface area contributed by atoms with Gasteiger partial charge in [0.1, 0.15) is 0 Å². The van der Waals surface area contributed by atoms with Crippen molar-refractivity contribution in [2.75, 3.05) is 20.1 Å². The number of hydrogen-bond donors (Lipinski definition) is 1. The van der Waals surface area contributed by atoms with Crippen LogP contribution in [-0.2, 0) is 6.54 Å². The van der Waals surface area contributed by atoms with Crippen molar-refractivity contribution in [3.8, 4) is 0 Å². The second-order valence-electron chi connectivity index (χ2n) is 5.09. The predicted octanol–water partition coefficient (Wildman–Crippen LogP) is 2.60. The van der Waals surface area contributed by atoms with E-state index in [-0.39, 0.29) is 0 Å². The Morgan fingerprint density at radius 1 is 1.39 bits per heavy atom. The molecule has 0 radical (unpaired) electrons. The molecule has 0 spiro atoms. The Hall–Kier alpha value is -0.930. The first-order valence-electron chi connectivity index (χ1n) is 6.97. The summed E-state index contributed by atoms with van der Waals surface area (Å²) in [6.45, 7) is 9.60. The number of likely N-dealkylation sites (N-methyl/N-ethyl adjacent to an activating group) is 1. The number of unbranched alkanes of at least 4 members (excludes halogenated alkanes) is 1. The minimum atomic E-state index is 0.532. The maximum Gasteiger partial charge on any atom is 0.0547 e. The van der Waals surface area contributed by atoms with Gasteiger partial charge in [0.05, 0.1) is 5.69 Å². The quantitative estimate of drug-likeness (QED) is 0.718. The summed E-state index contributed by atoms with van der Waals surface area (Å²) in [4.78, 5) is 6.89. The van der Waals surface area contributed by atoms with Gasteiger partial charge in [-0.05, 0) is 46.0 Å². The second-order valence-corrected chi connectivity index (χ2v) is 5.09. The molecular formula is C15H27N3. The molecule has 0 aliphatic carbocycles. The van der Waals surface area contributed by atoms with Crippen molar-refractivity contribution in [3.05, 3.63) is 29.6 Å². The minimum absolute atomic E-state index is 0.532. The van der Waals surface area contributed by atoms with Crippen molar-refractivity contribution >= 4 is 0 Å². The molecule has 1 unspecified atom stereocenters. The average molecular weight is 249 g/mol. The maximum atomic E-state index is 4.54. The van der Waals surface area contributed by atoms with Crippen LogP contribution in [0.2, 0.25) is 0 Å². The van der Waals surface area contributed by atoms with E-state index < -0.39 is 0 Å². The van der Waals surface area contributed by atoms with Crippen molar-refractivity contribution in [3.63, 3.8) is 0 Å². The molecule has 1 rings (SSSR count). The van der Waals surface area contributed by atoms with Crippen LogP contribution in [0.3, 0.4) is 0 Å². The van der Waals surface area contributed by atoms with Gasteiger partial charge in [-0.25, -0.2) is 0 Å². The molecular weight excluding hydrogens is 222 g/mol. The largest absolute Gasteiger partial charge is 0.315 e. The molecule has 0 saturated carbocycles. The number of pyridine rings is 1. The zero-order chi connectivity index (χ0) is 13.4. The first kappa shape index (κ1) is 15.1. The predicted molar refractivity (Wildman–Crippen MR) is 77.7 cm³/mol. The number of nitrogens with one attached hydrogen (secondary N) is 1. The van der Waals surface area contributed by atoms with E-state index >= 15 is 0 Å². The lowest BCUT2D eigenvalue weighted by Crippen LogP contribution is -2.38. The molecule has 18 heavy (non-hydrogen) atoms. The molecule has 1 aromatic rings. The van der Waals surface area contributed by atoms with Crippen LogP contribution >= 0.6 is 0 Å². The highest BCUT2D eigenvalue weighted by molar-refractivity contribution is 5.09. The lowest BCUT2D eigenvalue weighted by molar-refractivity contribution is 0.240. The van der Waals surface area contributed by atoms with Crippen molar-refractivity contribution < 1.29 is 0 Å². The van der Waals surface area contributed by atoms with Crippen molar-refractivity contribution in [1.82, 2.24) is 15.2 Å². The summed E-state index contributed by atoms with van der Waals surface area (Å²) in [6.07, 6.45) is 2.51. The molecule has 0 fully saturated rings. The topological polar surface area (TPSA) is 28.2 Å². The van der Waals surface area contributed by atoms with Crippen LogP contribution in [0.5, 0.6) is 0 Å². The van der Waals surface area contributed by atoms with Gasteiger partial charge in [0.2, 0.25) is 0 Å². The van der Waals surface area contributed by atoms with E-state index in [9.17, 15) is 0 Å². The van der Waals surface area contributed by atoms with Gasteiger partial charge >= 0.3 is 0 Å². The van der Waals surface area contributed by atoms with Gasteiger partial charge in [0.25, 0.3) is 0 Å². The summed E-state index contributed by atoms with van der Waals surface area (Å²) in [6, 6.07) is 6.75. The Morgan fingerprint density at radius 3 is 2.83 bits per heavy atom. The zero-order valence-electron chi connectivity index (χ0n) is 12.2. The molecule has 1 heterocycles. The Morgan fingerprint density at radius 2 is 2.17 bits per heavy atom. The standard InChI is InChI=1S/C15H27N3/c1-5-6-10-16-11-14(3)18(4)12-15-9-7-8-13(2)17-15/h7-9,14,16H,5-6,10-12H2,1-4H3. The molecule has 1 atom stereocenters. The smallest absolute Gasteiger partial charge is 0.0547 e. The van der Waals surface area contributed by atoms with Crippen molar-refractivity contribution in [1.29, 1.82) is 0 Å². The van der Waals surface area contributed by atoms with Gasteiger partial charge in [-0.15, -0.1) is 0 Å². The highest BCUT2D eigenvalue weighted by Gasteiger charge is 2.09. The first-order valence-corrected chi connectivity index (χ1v) is 6.97. The summed E-state index contributed by atoms with van der Waals surface area (Å²) in [5, 5.41) is 3.50. The maximum absolute atomic E-state index is 4.54. The number of rotatable bonds is 8. The molecule has 3 nitrogen and oxygen atoms in total. The van der Waals surface area contributed by atoms with Crippen LogP contribution in [-0.4, -0.2) is 36.1 Å². The fourth-order valence-corrected chi connectivity index (χ4v) is 1.87. The SMILES string of the molecule is CCCCNCC(C)N(C)Cc1cccc(C)n1. The second kappa shape index (κ2) is 8.22. The molecule has 0 amide bonds. The fraction of sp³-hybridized carbons (Fsp3) is 0.667. The van der Waals surface area contributed by atoms with Gasteiger partial charge in [0, 0.05) is 24.8 Å². The molecule has 3 heteroatoms. The molecule has 0 bridgehead atoms. The third-order valence-electron chi connectivity index (χ3n) is 3.26. The molecule has 0 aromatic carbocycles. The summed E-state index contributed by atoms with van der Waals surface area (Å²) >= 11 is 0. The lowest BCUT2D eigenvalue weighted by atomic mass is 10.2. The molecule has 0 saturated heterocycles. The van der Waals surface area contributed by atoms with E-state index in [1.165, 1.54) is 12.8 Å². The van der Waals surface area contributed by atoms with Crippen molar-refractivity contribution in [2.45, 2.75) is 46.2 Å². The van der Waals surface area contributed by atoms with Crippen LogP contribution in [0, 0.1) is 6.92 Å². The Labute approximate surface area is 112 Å². The zero-order valence-corrected chi connectivity index (χ0v) is 12.2. The van der Waals surface area contributed by atoms with Gasteiger partial charge in [-0.1, -0.05) is 19.4 Å². The van der Waals surface area contributed by atoms with Gasteiger partial charge in [0.15, 0.2) is 0 Å². The summed E-state index contributed by atoms with van der Waals surface area (Å²) in [5.41, 5.74) is 2.24. The fourth-order valence-electron chi connectivity index (χ4n) is 1.87. The van der Waals surface area contributed by atoms with E-state index in [1.807, 2.05) is 13.0 Å². The van der Waals surface area contributed by atoms with Crippen LogP contribution in [0.1, 0.15) is 38.1 Å². The number of nitrogens with zero attached hydrogens (tertiary/aromatic N) is 2. The third-order valence-corrected chi connectivity index (χ3v) is 3.26. The third kappa shape index (κ3) is 5.61. The van der Waals surface area contributed by atoms with E-state index in [0.717, 1.165) is 31.0 Å². The van der Waals surface area contributed by atoms with Crippen LogP contribution in [0.4, 0.5) is 0 Å². The van der Waals surface area contributed by atoms with Crippen LogP contribution in [0.15, 0.2) is 18.2 Å². The average Bonchev–Trinajstić information content (AvgIpc) is 2.34. The number of hydrogen-bond acceptors (Lipinski definition) is 3. The van der Waals surface area contributed by atoms with Gasteiger partial charge < -0.3 is 5.32 Å². The van der Waals surface area contributed by atoms with E-state index in [1.54, 1.807) is 0 Å². The molecule has 1 aromatic heterocycles. The van der Waals surface area contributed by atoms with Crippen LogP contribution in [0.25, 0.3) is 0 Å². The van der Waals surface area contributed by atoms with Gasteiger partial charge in [-0.2, -0.15) is 0 Å². The first-order chi connectivity index (χ1) is 8.63. The lowest BCUT2D eigenvalue weighted by Gasteiger charge is -2.24. The van der Waals surface area contributed by atoms with E-state index in [4.69, 9.17) is 0 Å². The Balaban J connectivity index is 2.33. The highest BCUT2D eigenvalue weighted by atomic mass is 15.1. The molecule has 0 aliphatic rings. The van der Waals surface area contributed by atoms with Crippen molar-refractivity contribution in [2.24, 2.45) is 0 Å². The number of aryl methyl sites for hydroxylation is 1. The Kier molecular flexibility index (Phi) is 6.91. The minimum Gasteiger partial charge on any atom is -0.315 e.